The van der Waals surface area contributed by atoms with Crippen molar-refractivity contribution in [3.63, 3.8) is 0 Å². The van der Waals surface area contributed by atoms with Gasteiger partial charge in [0.25, 0.3) is 0 Å². The van der Waals surface area contributed by atoms with Gasteiger partial charge in [0.1, 0.15) is 6.10 Å². The molecule has 96 valence electrons. The molecule has 1 nitrogen and oxygen atoms in total. The van der Waals surface area contributed by atoms with Gasteiger partial charge in [-0.05, 0) is 37.5 Å². The fourth-order valence-electron chi connectivity index (χ4n) is 1.25. The van der Waals surface area contributed by atoms with Gasteiger partial charge >= 0.3 is 0 Å². The van der Waals surface area contributed by atoms with Crippen molar-refractivity contribution in [2.75, 3.05) is 0 Å². The molecule has 1 heteroatoms. The molecule has 0 aliphatic rings. The lowest BCUT2D eigenvalue weighted by Crippen LogP contribution is -1.94. The van der Waals surface area contributed by atoms with Crippen molar-refractivity contribution in [1.29, 1.82) is 0 Å². The lowest BCUT2D eigenvalue weighted by Gasteiger charge is -1.93. The molecular weight excluding hydrogens is 220 g/mol. The maximum atomic E-state index is 9.04. The molecule has 0 saturated heterocycles. The molecule has 18 heavy (non-hydrogen) atoms. The topological polar surface area (TPSA) is 20.2 Å². The molecule has 0 unspecified atom stereocenters. The van der Waals surface area contributed by atoms with E-state index in [4.69, 9.17) is 5.11 Å². The van der Waals surface area contributed by atoms with E-state index in [0.717, 1.165) is 12.8 Å². The van der Waals surface area contributed by atoms with Crippen molar-refractivity contribution in [1.82, 2.24) is 0 Å². The highest BCUT2D eigenvalue weighted by molar-refractivity contribution is 5.29. The van der Waals surface area contributed by atoms with Crippen LogP contribution in [0, 0.1) is 23.7 Å². The summed E-state index contributed by atoms with van der Waals surface area (Å²) in [5.74, 6) is 10.7. The highest BCUT2D eigenvalue weighted by Gasteiger charge is 1.85. The van der Waals surface area contributed by atoms with Gasteiger partial charge in [0.15, 0.2) is 0 Å². The first-order valence-electron chi connectivity index (χ1n) is 6.36. The van der Waals surface area contributed by atoms with Gasteiger partial charge in [-0.2, -0.15) is 0 Å². The summed E-state index contributed by atoms with van der Waals surface area (Å²) >= 11 is 0. The van der Waals surface area contributed by atoms with Crippen LogP contribution in [0.1, 0.15) is 38.5 Å². The molecule has 0 amide bonds. The maximum absolute atomic E-state index is 9.04. The van der Waals surface area contributed by atoms with Crippen LogP contribution in [0.25, 0.3) is 0 Å². The fourth-order valence-corrected chi connectivity index (χ4v) is 1.25. The minimum absolute atomic E-state index is 0.714. The van der Waals surface area contributed by atoms with Crippen LogP contribution in [0.5, 0.6) is 0 Å². The minimum atomic E-state index is -0.773. The van der Waals surface area contributed by atoms with E-state index >= 15 is 0 Å². The Bertz CT molecular complexity index is 368. The molecule has 0 bridgehead atoms. The molecule has 0 aromatic carbocycles. The number of allylic oxidation sites excluding steroid dienone is 3. The molecule has 0 fully saturated rings. The van der Waals surface area contributed by atoms with Crippen LogP contribution in [-0.2, 0) is 0 Å². The van der Waals surface area contributed by atoms with E-state index in [9.17, 15) is 0 Å². The van der Waals surface area contributed by atoms with Crippen molar-refractivity contribution in [2.45, 2.75) is 44.6 Å². The van der Waals surface area contributed by atoms with Crippen LogP contribution in [0.4, 0.5) is 0 Å². The summed E-state index contributed by atoms with van der Waals surface area (Å²) in [4.78, 5) is 0. The van der Waals surface area contributed by atoms with Crippen LogP contribution >= 0.6 is 0 Å². The van der Waals surface area contributed by atoms with Gasteiger partial charge in [-0.1, -0.05) is 49.1 Å². The Morgan fingerprint density at radius 3 is 2.50 bits per heavy atom. The number of aliphatic hydroxyl groups excluding tert-OH is 1. The predicted molar refractivity (Wildman–Crippen MR) is 78.8 cm³/mol. The first kappa shape index (κ1) is 16.3. The second-order valence-corrected chi connectivity index (χ2v) is 3.85. The maximum Gasteiger partial charge on any atom is 0.134 e. The van der Waals surface area contributed by atoms with Crippen LogP contribution in [0.15, 0.2) is 37.5 Å². The zero-order chi connectivity index (χ0) is 13.5. The molecule has 0 aromatic rings. The van der Waals surface area contributed by atoms with Crippen LogP contribution in [-0.4, -0.2) is 11.2 Å². The standard InChI is InChI=1S/C17H22O/c1-3-5-6-7-8-9-10-11-12-13-14-15-16-17(18)4-2/h3-4,10-11,17-18H,1-2,5-9,12H2/b11-10-/t17-/m1/s1. The smallest absolute Gasteiger partial charge is 0.134 e. The highest BCUT2D eigenvalue weighted by atomic mass is 16.3. The fraction of sp³-hybridized carbons (Fsp3) is 0.412. The molecule has 0 saturated carbocycles. The molecule has 1 atom stereocenters. The van der Waals surface area contributed by atoms with Gasteiger partial charge in [-0.25, -0.2) is 0 Å². The average molecular weight is 242 g/mol. The summed E-state index contributed by atoms with van der Waals surface area (Å²) in [5.41, 5.74) is 0. The van der Waals surface area contributed by atoms with E-state index in [2.05, 4.69) is 49.0 Å². The number of hydrogen-bond acceptors (Lipinski definition) is 1. The molecule has 0 aliphatic carbocycles. The van der Waals surface area contributed by atoms with Crippen molar-refractivity contribution in [3.05, 3.63) is 37.5 Å². The Kier molecular flexibility index (Phi) is 12.1. The highest BCUT2D eigenvalue weighted by Crippen LogP contribution is 2.03. The summed E-state index contributed by atoms with van der Waals surface area (Å²) in [6.07, 6.45) is 13.5. The van der Waals surface area contributed by atoms with E-state index < -0.39 is 6.10 Å². The summed E-state index contributed by atoms with van der Waals surface area (Å²) in [6.45, 7) is 7.12. The third-order valence-electron chi connectivity index (χ3n) is 2.26. The molecule has 0 aliphatic heterocycles. The normalized spacial score (nSPS) is 10.9. The number of aliphatic hydroxyl groups is 1. The molecule has 0 radical (unpaired) electrons. The second kappa shape index (κ2) is 13.4. The lowest BCUT2D eigenvalue weighted by atomic mass is 10.1. The van der Waals surface area contributed by atoms with Crippen LogP contribution < -0.4 is 0 Å². The number of unbranched alkanes of at least 4 members (excludes halogenated alkanes) is 4. The van der Waals surface area contributed by atoms with Gasteiger partial charge in [-0.3, -0.25) is 0 Å². The van der Waals surface area contributed by atoms with Gasteiger partial charge in [-0.15, -0.1) is 6.58 Å². The molecule has 0 rings (SSSR count). The van der Waals surface area contributed by atoms with Crippen molar-refractivity contribution < 1.29 is 5.11 Å². The third kappa shape index (κ3) is 12.4. The molecule has 0 heterocycles. The quantitative estimate of drug-likeness (QED) is 0.391. The SMILES string of the molecule is C=CCCCCC/C=C\CC#CC#C[C@H](O)C=C. The first-order valence-corrected chi connectivity index (χ1v) is 6.36. The van der Waals surface area contributed by atoms with Crippen LogP contribution in [0.2, 0.25) is 0 Å². The largest absolute Gasteiger partial charge is 0.377 e. The summed E-state index contributed by atoms with van der Waals surface area (Å²) in [7, 11) is 0. The molecule has 0 spiro atoms. The lowest BCUT2D eigenvalue weighted by molar-refractivity contribution is 0.281. The summed E-state index contributed by atoms with van der Waals surface area (Å²) < 4.78 is 0. The van der Waals surface area contributed by atoms with Gasteiger partial charge in [0.05, 0.1) is 0 Å². The first-order chi connectivity index (χ1) is 8.81. The van der Waals surface area contributed by atoms with Crippen molar-refractivity contribution in [3.8, 4) is 23.7 Å². The summed E-state index contributed by atoms with van der Waals surface area (Å²) in [6, 6.07) is 0. The Hall–Kier alpha value is -1.70. The number of rotatable bonds is 8. The predicted octanol–water partition coefficient (Wildman–Crippen LogP) is 3.62. The molecule has 0 aromatic heterocycles. The van der Waals surface area contributed by atoms with Crippen LogP contribution in [0.3, 0.4) is 0 Å². The Labute approximate surface area is 111 Å². The van der Waals surface area contributed by atoms with E-state index in [0.29, 0.717) is 6.42 Å². The third-order valence-corrected chi connectivity index (χ3v) is 2.26. The Balaban J connectivity index is 3.52. The zero-order valence-electron chi connectivity index (χ0n) is 11.0. The van der Waals surface area contributed by atoms with Gasteiger partial charge in [0, 0.05) is 6.42 Å². The van der Waals surface area contributed by atoms with Gasteiger partial charge in [0.2, 0.25) is 0 Å². The van der Waals surface area contributed by atoms with E-state index in [1.807, 2.05) is 6.08 Å². The van der Waals surface area contributed by atoms with Crippen molar-refractivity contribution >= 4 is 0 Å². The van der Waals surface area contributed by atoms with E-state index in [-0.39, 0.29) is 0 Å². The van der Waals surface area contributed by atoms with E-state index in [1.54, 1.807) is 0 Å². The Morgan fingerprint density at radius 1 is 1.00 bits per heavy atom. The number of hydrogen-bond donors (Lipinski definition) is 1. The zero-order valence-corrected chi connectivity index (χ0v) is 11.0. The average Bonchev–Trinajstić information content (AvgIpc) is 2.39. The second-order valence-electron chi connectivity index (χ2n) is 3.85. The van der Waals surface area contributed by atoms with E-state index in [1.165, 1.54) is 25.3 Å². The summed E-state index contributed by atoms with van der Waals surface area (Å²) in [5, 5.41) is 9.04. The van der Waals surface area contributed by atoms with Crippen molar-refractivity contribution in [2.24, 2.45) is 0 Å². The molecular formula is C17H22O. The molecule has 1 N–H and O–H groups in total. The Morgan fingerprint density at radius 2 is 1.78 bits per heavy atom. The minimum Gasteiger partial charge on any atom is -0.377 e. The van der Waals surface area contributed by atoms with Gasteiger partial charge < -0.3 is 5.11 Å². The monoisotopic (exact) mass is 242 g/mol.